The maximum absolute atomic E-state index is 11.1. The van der Waals surface area contributed by atoms with E-state index in [1.807, 2.05) is 19.9 Å². The van der Waals surface area contributed by atoms with Gasteiger partial charge in [-0.15, -0.1) is 0 Å². The summed E-state index contributed by atoms with van der Waals surface area (Å²) in [5.41, 5.74) is 0.613. The molecule has 0 bridgehead atoms. The third-order valence-corrected chi connectivity index (χ3v) is 6.93. The van der Waals surface area contributed by atoms with Gasteiger partial charge >= 0.3 is 0 Å². The van der Waals surface area contributed by atoms with E-state index < -0.39 is 5.60 Å². The van der Waals surface area contributed by atoms with Crippen molar-refractivity contribution in [2.24, 2.45) is 22.7 Å². The molecule has 3 N–H and O–H groups in total. The van der Waals surface area contributed by atoms with Gasteiger partial charge in [-0.25, -0.2) is 0 Å². The Morgan fingerprint density at radius 1 is 1.17 bits per heavy atom. The molecule has 2 aliphatic carbocycles. The highest BCUT2D eigenvalue weighted by Crippen LogP contribution is 2.62. The minimum absolute atomic E-state index is 0.0254. The average molecular weight is 325 g/mol. The quantitative estimate of drug-likeness (QED) is 0.692. The molecule has 0 aromatic carbocycles. The number of allylic oxidation sites excluding steroid dienone is 1. The van der Waals surface area contributed by atoms with Crippen LogP contribution >= 0.6 is 0 Å². The lowest BCUT2D eigenvalue weighted by atomic mass is 9.44. The fourth-order valence-electron chi connectivity index (χ4n) is 6.06. The number of rotatable bonds is 4. The Kier molecular flexibility index (Phi) is 5.35. The van der Waals surface area contributed by atoms with Gasteiger partial charge < -0.3 is 15.3 Å². The SMILES string of the molecule is C/C(=C\CO)CCC1C(C)(O)CCC2C(C)(C)CC(O)CC21C. The standard InChI is InChI=1S/C20H36O3/c1-14(9-11-21)6-7-17-19(4)13-15(22)12-18(2,3)16(19)8-10-20(17,5)23/h9,15-17,21-23H,6-8,10-13H2,1-5H3/b14-9+. The highest BCUT2D eigenvalue weighted by Gasteiger charge is 2.59. The van der Waals surface area contributed by atoms with Crippen molar-refractivity contribution in [2.45, 2.75) is 84.8 Å². The summed E-state index contributed by atoms with van der Waals surface area (Å²) in [4.78, 5) is 0. The maximum atomic E-state index is 11.1. The number of hydrogen-bond donors (Lipinski definition) is 3. The van der Waals surface area contributed by atoms with Crippen molar-refractivity contribution in [3.05, 3.63) is 11.6 Å². The van der Waals surface area contributed by atoms with Gasteiger partial charge in [-0.3, -0.25) is 0 Å². The zero-order valence-corrected chi connectivity index (χ0v) is 15.6. The van der Waals surface area contributed by atoms with Crippen LogP contribution in [0.5, 0.6) is 0 Å². The fourth-order valence-corrected chi connectivity index (χ4v) is 6.06. The summed E-state index contributed by atoms with van der Waals surface area (Å²) in [6.45, 7) is 11.0. The third kappa shape index (κ3) is 3.67. The van der Waals surface area contributed by atoms with Crippen LogP contribution < -0.4 is 0 Å². The van der Waals surface area contributed by atoms with E-state index in [4.69, 9.17) is 5.11 Å². The molecule has 23 heavy (non-hydrogen) atoms. The summed E-state index contributed by atoms with van der Waals surface area (Å²) in [5.74, 6) is 0.732. The second-order valence-electron chi connectivity index (χ2n) is 9.33. The molecule has 0 heterocycles. The van der Waals surface area contributed by atoms with Crippen molar-refractivity contribution in [3.8, 4) is 0 Å². The number of hydrogen-bond acceptors (Lipinski definition) is 3. The number of aliphatic hydroxyl groups excluding tert-OH is 2. The van der Waals surface area contributed by atoms with Gasteiger partial charge in [0.15, 0.2) is 0 Å². The Balaban J connectivity index is 2.29. The molecule has 0 aliphatic heterocycles. The van der Waals surface area contributed by atoms with Crippen molar-refractivity contribution in [2.75, 3.05) is 6.61 Å². The molecule has 2 saturated carbocycles. The van der Waals surface area contributed by atoms with Crippen LogP contribution in [-0.4, -0.2) is 33.6 Å². The minimum Gasteiger partial charge on any atom is -0.393 e. The summed E-state index contributed by atoms with van der Waals surface area (Å²) in [6, 6.07) is 0. The Morgan fingerprint density at radius 3 is 2.43 bits per heavy atom. The third-order valence-electron chi connectivity index (χ3n) is 6.93. The average Bonchev–Trinajstić information content (AvgIpc) is 2.34. The van der Waals surface area contributed by atoms with Crippen molar-refractivity contribution < 1.29 is 15.3 Å². The monoisotopic (exact) mass is 324 g/mol. The Bertz CT molecular complexity index is 452. The van der Waals surface area contributed by atoms with Crippen molar-refractivity contribution in [1.82, 2.24) is 0 Å². The number of aliphatic hydroxyl groups is 3. The molecule has 3 nitrogen and oxygen atoms in total. The van der Waals surface area contributed by atoms with Gasteiger partial charge in [0, 0.05) is 0 Å². The van der Waals surface area contributed by atoms with E-state index in [0.717, 1.165) is 38.5 Å². The van der Waals surface area contributed by atoms with Gasteiger partial charge in [0.1, 0.15) is 0 Å². The first-order valence-electron chi connectivity index (χ1n) is 9.20. The van der Waals surface area contributed by atoms with E-state index in [0.29, 0.717) is 5.92 Å². The molecule has 0 amide bonds. The summed E-state index contributed by atoms with van der Waals surface area (Å²) in [6.07, 6.45) is 6.97. The minimum atomic E-state index is -0.669. The van der Waals surface area contributed by atoms with Crippen LogP contribution in [0.2, 0.25) is 0 Å². The van der Waals surface area contributed by atoms with Crippen LogP contribution in [0.3, 0.4) is 0 Å². The highest BCUT2D eigenvalue weighted by atomic mass is 16.3. The van der Waals surface area contributed by atoms with Gasteiger partial charge in [0.25, 0.3) is 0 Å². The molecular weight excluding hydrogens is 288 g/mol. The second-order valence-corrected chi connectivity index (χ2v) is 9.33. The predicted molar refractivity (Wildman–Crippen MR) is 94.0 cm³/mol. The van der Waals surface area contributed by atoms with Crippen LogP contribution in [0.25, 0.3) is 0 Å². The van der Waals surface area contributed by atoms with Gasteiger partial charge in [0.2, 0.25) is 0 Å². The first-order valence-corrected chi connectivity index (χ1v) is 9.20. The van der Waals surface area contributed by atoms with E-state index in [1.54, 1.807) is 0 Å². The molecular formula is C20H36O3. The second kappa shape index (κ2) is 6.50. The summed E-state index contributed by atoms with van der Waals surface area (Å²) in [5, 5.41) is 30.6. The Labute approximate surface area is 141 Å². The Morgan fingerprint density at radius 2 is 1.83 bits per heavy atom. The van der Waals surface area contributed by atoms with Crippen LogP contribution in [0.4, 0.5) is 0 Å². The predicted octanol–water partition coefficient (Wildman–Crippen LogP) is 3.67. The topological polar surface area (TPSA) is 60.7 Å². The van der Waals surface area contributed by atoms with Gasteiger partial charge in [-0.05, 0) is 75.0 Å². The van der Waals surface area contributed by atoms with Crippen molar-refractivity contribution in [1.29, 1.82) is 0 Å². The fraction of sp³-hybridized carbons (Fsp3) is 0.900. The zero-order valence-electron chi connectivity index (χ0n) is 15.6. The molecule has 2 fully saturated rings. The molecule has 5 atom stereocenters. The van der Waals surface area contributed by atoms with Crippen LogP contribution in [-0.2, 0) is 0 Å². The lowest BCUT2D eigenvalue weighted by Gasteiger charge is -2.62. The number of fused-ring (bicyclic) bond motifs is 1. The highest BCUT2D eigenvalue weighted by molar-refractivity contribution is 5.10. The van der Waals surface area contributed by atoms with Crippen molar-refractivity contribution >= 4 is 0 Å². The summed E-state index contributed by atoms with van der Waals surface area (Å²) in [7, 11) is 0. The van der Waals surface area contributed by atoms with Gasteiger partial charge in [-0.1, -0.05) is 32.4 Å². The molecule has 0 spiro atoms. The van der Waals surface area contributed by atoms with E-state index in [-0.39, 0.29) is 29.5 Å². The molecule has 0 saturated heterocycles. The van der Waals surface area contributed by atoms with Crippen LogP contribution in [0, 0.1) is 22.7 Å². The molecule has 0 aromatic rings. The molecule has 134 valence electrons. The molecule has 3 heteroatoms. The van der Waals surface area contributed by atoms with Crippen LogP contribution in [0.15, 0.2) is 11.6 Å². The molecule has 0 radical (unpaired) electrons. The molecule has 2 rings (SSSR count). The maximum Gasteiger partial charge on any atom is 0.0653 e. The van der Waals surface area contributed by atoms with Crippen LogP contribution in [0.1, 0.15) is 73.1 Å². The summed E-state index contributed by atoms with van der Waals surface area (Å²) >= 11 is 0. The van der Waals surface area contributed by atoms with E-state index >= 15 is 0 Å². The largest absolute Gasteiger partial charge is 0.393 e. The first kappa shape index (κ1) is 19.0. The van der Waals surface area contributed by atoms with Gasteiger partial charge in [0.05, 0.1) is 18.3 Å². The lowest BCUT2D eigenvalue weighted by molar-refractivity contribution is -0.188. The zero-order chi connectivity index (χ0) is 17.5. The lowest BCUT2D eigenvalue weighted by Crippen LogP contribution is -2.59. The van der Waals surface area contributed by atoms with E-state index in [9.17, 15) is 10.2 Å². The molecule has 0 aromatic heterocycles. The first-order chi connectivity index (χ1) is 10.5. The van der Waals surface area contributed by atoms with E-state index in [1.165, 1.54) is 5.57 Å². The smallest absolute Gasteiger partial charge is 0.0653 e. The van der Waals surface area contributed by atoms with E-state index in [2.05, 4.69) is 20.8 Å². The molecule has 2 aliphatic rings. The molecule has 5 unspecified atom stereocenters. The van der Waals surface area contributed by atoms with Gasteiger partial charge in [-0.2, -0.15) is 0 Å². The van der Waals surface area contributed by atoms with Crippen molar-refractivity contribution in [3.63, 3.8) is 0 Å². The Hall–Kier alpha value is -0.380. The summed E-state index contributed by atoms with van der Waals surface area (Å²) < 4.78 is 0. The normalized spacial score (nSPS) is 44.0.